The first-order valence-corrected chi connectivity index (χ1v) is 7.80. The van der Waals surface area contributed by atoms with Crippen molar-refractivity contribution in [3.63, 3.8) is 0 Å². The van der Waals surface area contributed by atoms with Crippen LogP contribution in [0.25, 0.3) is 0 Å². The molecule has 20 heavy (non-hydrogen) atoms. The van der Waals surface area contributed by atoms with Crippen LogP contribution in [0.1, 0.15) is 6.92 Å². The number of thioether (sulfide) groups is 1. The maximum absolute atomic E-state index is 12.0. The molecule has 114 valence electrons. The van der Waals surface area contributed by atoms with Crippen LogP contribution in [0.15, 0.2) is 17.6 Å². The van der Waals surface area contributed by atoms with Gasteiger partial charge >= 0.3 is 6.03 Å². The molecule has 0 unspecified atom stereocenters. The van der Waals surface area contributed by atoms with Crippen molar-refractivity contribution < 1.29 is 4.79 Å². The van der Waals surface area contributed by atoms with Crippen LogP contribution in [-0.4, -0.2) is 71.4 Å². The second-order valence-electron chi connectivity index (χ2n) is 4.78. The fourth-order valence-corrected chi connectivity index (χ4v) is 2.41. The quantitative estimate of drug-likeness (QED) is 0.577. The highest BCUT2D eigenvalue weighted by Crippen LogP contribution is 2.12. The van der Waals surface area contributed by atoms with Crippen molar-refractivity contribution in [1.82, 2.24) is 24.7 Å². The van der Waals surface area contributed by atoms with E-state index in [1.54, 1.807) is 18.0 Å². The lowest BCUT2D eigenvalue weighted by Crippen LogP contribution is -2.43. The molecule has 1 aromatic rings. The Bertz CT molecular complexity index is 407. The molecular weight excluding hydrogens is 274 g/mol. The summed E-state index contributed by atoms with van der Waals surface area (Å²) in [6.45, 7) is 5.00. The minimum absolute atomic E-state index is 0.00907. The second kappa shape index (κ2) is 8.86. The first kappa shape index (κ1) is 16.8. The Kier molecular flexibility index (Phi) is 7.46. The number of carbonyl (C=O) groups is 1. The zero-order valence-electron chi connectivity index (χ0n) is 12.8. The van der Waals surface area contributed by atoms with Crippen LogP contribution in [0.3, 0.4) is 0 Å². The molecule has 0 saturated heterocycles. The topological polar surface area (TPSA) is 53.4 Å². The summed E-state index contributed by atoms with van der Waals surface area (Å²) < 4.78 is 1.97. The summed E-state index contributed by atoms with van der Waals surface area (Å²) in [5.74, 6) is 0.821. The van der Waals surface area contributed by atoms with Crippen LogP contribution in [0.2, 0.25) is 0 Å². The van der Waals surface area contributed by atoms with E-state index in [0.717, 1.165) is 30.5 Å². The number of imidazole rings is 1. The van der Waals surface area contributed by atoms with E-state index in [1.165, 1.54) is 0 Å². The molecule has 0 radical (unpaired) electrons. The van der Waals surface area contributed by atoms with E-state index in [1.807, 2.05) is 43.7 Å². The average molecular weight is 299 g/mol. The number of amides is 2. The smallest absolute Gasteiger partial charge is 0.317 e. The van der Waals surface area contributed by atoms with E-state index in [4.69, 9.17) is 0 Å². The van der Waals surface area contributed by atoms with Gasteiger partial charge in [-0.05, 0) is 21.0 Å². The molecule has 6 nitrogen and oxygen atoms in total. The summed E-state index contributed by atoms with van der Waals surface area (Å²) in [6.07, 6.45) is 3.70. The largest absolute Gasteiger partial charge is 0.337 e. The van der Waals surface area contributed by atoms with E-state index in [9.17, 15) is 4.79 Å². The fourth-order valence-electron chi connectivity index (χ4n) is 1.63. The van der Waals surface area contributed by atoms with Crippen molar-refractivity contribution in [2.45, 2.75) is 12.1 Å². The summed E-state index contributed by atoms with van der Waals surface area (Å²) in [7, 11) is 5.98. The number of hydrogen-bond acceptors (Lipinski definition) is 4. The highest BCUT2D eigenvalue weighted by atomic mass is 32.2. The van der Waals surface area contributed by atoms with Gasteiger partial charge in [-0.25, -0.2) is 9.78 Å². The number of aryl methyl sites for hydroxylation is 1. The third kappa shape index (κ3) is 5.83. The van der Waals surface area contributed by atoms with Gasteiger partial charge in [0.1, 0.15) is 0 Å². The standard InChI is InChI=1S/C13H25N5OS/c1-5-18(10-9-16(2)3)12(19)14-7-11-20-13-15-6-8-17(13)4/h6,8H,5,7,9-11H2,1-4H3,(H,14,19). The molecule has 0 atom stereocenters. The fraction of sp³-hybridized carbons (Fsp3) is 0.692. The molecule has 0 saturated carbocycles. The summed E-state index contributed by atoms with van der Waals surface area (Å²) in [5, 5.41) is 3.92. The third-order valence-corrected chi connectivity index (χ3v) is 3.93. The Morgan fingerprint density at radius 1 is 1.45 bits per heavy atom. The summed E-state index contributed by atoms with van der Waals surface area (Å²) >= 11 is 1.64. The lowest BCUT2D eigenvalue weighted by molar-refractivity contribution is 0.195. The van der Waals surface area contributed by atoms with Crippen molar-refractivity contribution in [1.29, 1.82) is 0 Å². The monoisotopic (exact) mass is 299 g/mol. The number of aromatic nitrogens is 2. The zero-order chi connectivity index (χ0) is 15.0. The van der Waals surface area contributed by atoms with Crippen LogP contribution in [-0.2, 0) is 7.05 Å². The number of hydrogen-bond donors (Lipinski definition) is 1. The van der Waals surface area contributed by atoms with Crippen molar-refractivity contribution in [3.8, 4) is 0 Å². The minimum Gasteiger partial charge on any atom is -0.337 e. The van der Waals surface area contributed by atoms with Crippen molar-refractivity contribution in [2.24, 2.45) is 7.05 Å². The van der Waals surface area contributed by atoms with Gasteiger partial charge < -0.3 is 19.7 Å². The van der Waals surface area contributed by atoms with Gasteiger partial charge in [0.05, 0.1) is 0 Å². The molecule has 0 fully saturated rings. The Balaban J connectivity index is 2.22. The molecule has 0 aliphatic carbocycles. The van der Waals surface area contributed by atoms with Gasteiger partial charge in [-0.2, -0.15) is 0 Å². The van der Waals surface area contributed by atoms with Gasteiger partial charge in [-0.15, -0.1) is 0 Å². The predicted octanol–water partition coefficient (Wildman–Crippen LogP) is 1.11. The normalized spacial score (nSPS) is 10.8. The molecule has 0 aliphatic heterocycles. The van der Waals surface area contributed by atoms with E-state index in [2.05, 4.69) is 15.2 Å². The molecule has 0 aromatic carbocycles. The van der Waals surface area contributed by atoms with Gasteiger partial charge in [0.2, 0.25) is 0 Å². The van der Waals surface area contributed by atoms with E-state index < -0.39 is 0 Å². The Morgan fingerprint density at radius 2 is 2.20 bits per heavy atom. The lowest BCUT2D eigenvalue weighted by Gasteiger charge is -2.23. The van der Waals surface area contributed by atoms with Gasteiger partial charge in [-0.3, -0.25) is 0 Å². The zero-order valence-corrected chi connectivity index (χ0v) is 13.6. The van der Waals surface area contributed by atoms with E-state index >= 15 is 0 Å². The van der Waals surface area contributed by atoms with E-state index in [0.29, 0.717) is 6.54 Å². The van der Waals surface area contributed by atoms with Crippen LogP contribution in [0, 0.1) is 0 Å². The number of rotatable bonds is 8. The van der Waals surface area contributed by atoms with Gasteiger partial charge in [-0.1, -0.05) is 11.8 Å². The molecule has 1 aromatic heterocycles. The average Bonchev–Trinajstić information content (AvgIpc) is 2.80. The summed E-state index contributed by atoms with van der Waals surface area (Å²) in [5.41, 5.74) is 0. The number of nitrogens with zero attached hydrogens (tertiary/aromatic N) is 4. The molecule has 1 N–H and O–H groups in total. The van der Waals surface area contributed by atoms with Gasteiger partial charge in [0.25, 0.3) is 0 Å². The predicted molar refractivity (Wildman–Crippen MR) is 83.1 cm³/mol. The summed E-state index contributed by atoms with van der Waals surface area (Å²) in [6, 6.07) is 0.00907. The first-order valence-electron chi connectivity index (χ1n) is 6.82. The number of likely N-dealkylation sites (N-methyl/N-ethyl adjacent to an activating group) is 2. The molecular formula is C13H25N5OS. The van der Waals surface area contributed by atoms with Crippen molar-refractivity contribution in [3.05, 3.63) is 12.4 Å². The Labute approximate surface area is 125 Å². The number of urea groups is 1. The summed E-state index contributed by atoms with van der Waals surface area (Å²) in [4.78, 5) is 20.1. The molecule has 1 rings (SSSR count). The lowest BCUT2D eigenvalue weighted by atomic mass is 10.5. The third-order valence-electron chi connectivity index (χ3n) is 2.87. The number of nitrogens with one attached hydrogen (secondary N) is 1. The molecule has 7 heteroatoms. The van der Waals surface area contributed by atoms with Crippen LogP contribution in [0.5, 0.6) is 0 Å². The Morgan fingerprint density at radius 3 is 2.75 bits per heavy atom. The van der Waals surface area contributed by atoms with Crippen LogP contribution < -0.4 is 5.32 Å². The molecule has 1 heterocycles. The molecule has 2 amide bonds. The highest BCUT2D eigenvalue weighted by molar-refractivity contribution is 7.99. The molecule has 0 aliphatic rings. The van der Waals surface area contributed by atoms with Crippen LogP contribution >= 0.6 is 11.8 Å². The highest BCUT2D eigenvalue weighted by Gasteiger charge is 2.10. The van der Waals surface area contributed by atoms with Crippen molar-refractivity contribution in [2.75, 3.05) is 46.0 Å². The SMILES string of the molecule is CCN(CCN(C)C)C(=O)NCCSc1nccn1C. The maximum atomic E-state index is 12.0. The van der Waals surface area contributed by atoms with Gasteiger partial charge in [0.15, 0.2) is 5.16 Å². The van der Waals surface area contributed by atoms with E-state index in [-0.39, 0.29) is 6.03 Å². The second-order valence-corrected chi connectivity index (χ2v) is 5.85. The van der Waals surface area contributed by atoms with Crippen molar-refractivity contribution >= 4 is 17.8 Å². The number of carbonyl (C=O) groups excluding carboxylic acids is 1. The molecule has 0 bridgehead atoms. The van der Waals surface area contributed by atoms with Gasteiger partial charge in [0, 0.05) is 51.4 Å². The maximum Gasteiger partial charge on any atom is 0.317 e. The first-order chi connectivity index (χ1) is 9.54. The molecule has 0 spiro atoms. The Hall–Kier alpha value is -1.21. The van der Waals surface area contributed by atoms with Crippen LogP contribution in [0.4, 0.5) is 4.79 Å². The minimum atomic E-state index is 0.00907.